The number of methoxy groups -OCH3 is 1. The fourth-order valence-electron chi connectivity index (χ4n) is 13.3. The first-order valence-electron chi connectivity index (χ1n) is 38.6. The maximum absolute atomic E-state index is 15.3. The minimum absolute atomic E-state index is 0.00391. The first-order valence-corrected chi connectivity index (χ1v) is 38.6. The van der Waals surface area contributed by atoms with Gasteiger partial charge in [-0.2, -0.15) is 0 Å². The van der Waals surface area contributed by atoms with Crippen LogP contribution < -0.4 is 37.9 Å². The number of hydrogen-bond donors (Lipinski definition) is 7. The first kappa shape index (κ1) is 89.8. The number of Topliss-reactive ketones (excluding diaryl/α,β-unsaturated/α-hetero) is 4. The number of carbonyl (C=O) groups excluding carboxylic acids is 11. The number of nitrogens with two attached hydrogens (primary N) is 1. The van der Waals surface area contributed by atoms with Crippen molar-refractivity contribution >= 4 is 81.5 Å². The molecule has 1 unspecified atom stereocenters. The molecule has 6 amide bonds. The number of nitrogens with one attached hydrogen (secondary N) is 5. The third kappa shape index (κ3) is 27.2. The molecule has 0 bridgehead atoms. The molecule has 30 nitrogen and oxygen atoms in total. The highest BCUT2D eigenvalue weighted by Gasteiger charge is 2.46. The van der Waals surface area contributed by atoms with Gasteiger partial charge in [-0.1, -0.05) is 59.1 Å². The average Bonchev–Trinajstić information content (AvgIpc) is 1.54. The monoisotopic (exact) mass is 1560 g/mol. The van der Waals surface area contributed by atoms with E-state index in [0.29, 0.717) is 142 Å². The molecule has 2 aliphatic heterocycles. The van der Waals surface area contributed by atoms with E-state index in [-0.39, 0.29) is 156 Å². The van der Waals surface area contributed by atoms with Crippen LogP contribution in [0, 0.1) is 42.3 Å². The Morgan fingerprint density at radius 1 is 0.777 bits per heavy atom. The van der Waals surface area contributed by atoms with Crippen LogP contribution in [0.3, 0.4) is 0 Å². The second-order valence-corrected chi connectivity index (χ2v) is 28.4. The van der Waals surface area contributed by atoms with Gasteiger partial charge < -0.3 is 84.6 Å². The van der Waals surface area contributed by atoms with Crippen LogP contribution in [0.2, 0.25) is 0 Å². The van der Waals surface area contributed by atoms with Crippen molar-refractivity contribution < 1.29 is 105 Å². The molecule has 0 saturated heterocycles. The number of ether oxygens (including phenoxy) is 9. The molecule has 612 valence electrons. The number of anilines is 1. The Morgan fingerprint density at radius 2 is 1.47 bits per heavy atom. The van der Waals surface area contributed by atoms with Crippen LogP contribution in [0.25, 0.3) is 22.3 Å². The molecule has 4 aliphatic rings. The molecular formula is C81H109FN8O22. The number of benzene rings is 2. The van der Waals surface area contributed by atoms with E-state index in [1.807, 2.05) is 13.8 Å². The molecule has 8 N–H and O–H groups in total. The fraction of sp³-hybridized carbons (Fsp3) is 0.593. The number of carbonyl (C=O) groups is 11. The van der Waals surface area contributed by atoms with Gasteiger partial charge in [-0.15, -0.1) is 5.92 Å². The third-order valence-corrected chi connectivity index (χ3v) is 19.8. The van der Waals surface area contributed by atoms with E-state index < -0.39 is 70.9 Å². The predicted molar refractivity (Wildman–Crippen MR) is 407 cm³/mol. The number of pyridine rings is 2. The van der Waals surface area contributed by atoms with Crippen molar-refractivity contribution in [2.45, 2.75) is 201 Å². The highest BCUT2D eigenvalue weighted by Crippen LogP contribution is 2.46. The van der Waals surface area contributed by atoms with Gasteiger partial charge in [0.1, 0.15) is 44.1 Å². The van der Waals surface area contributed by atoms with Crippen molar-refractivity contribution in [1.29, 1.82) is 0 Å². The van der Waals surface area contributed by atoms with E-state index in [9.17, 15) is 62.6 Å². The molecule has 0 saturated carbocycles. The second-order valence-electron chi connectivity index (χ2n) is 28.4. The predicted octanol–water partition coefficient (Wildman–Crippen LogP) is 7.35. The average molecular weight is 1570 g/mol. The summed E-state index contributed by atoms with van der Waals surface area (Å²) in [5, 5.41) is 25.5. The summed E-state index contributed by atoms with van der Waals surface area (Å²) in [5.74, 6) is 1.71. The second kappa shape index (κ2) is 45.9. The molecule has 4 heterocycles. The molecule has 0 spiro atoms. The lowest BCUT2D eigenvalue weighted by molar-refractivity contribution is -0.172. The Balaban J connectivity index is 0.000000326. The van der Waals surface area contributed by atoms with Gasteiger partial charge in [0.15, 0.2) is 23.0 Å². The van der Waals surface area contributed by atoms with Crippen LogP contribution in [0.4, 0.5) is 19.7 Å². The number of halogens is 1. The van der Waals surface area contributed by atoms with Crippen molar-refractivity contribution in [1.82, 2.24) is 30.8 Å². The van der Waals surface area contributed by atoms with E-state index in [2.05, 4.69) is 43.2 Å². The largest absolute Gasteiger partial charge is 0.469 e. The molecule has 112 heavy (non-hydrogen) atoms. The molecule has 2 aromatic carbocycles. The van der Waals surface area contributed by atoms with E-state index in [0.717, 1.165) is 37.7 Å². The maximum Gasteiger partial charge on any atom is 0.407 e. The van der Waals surface area contributed by atoms with E-state index >= 15 is 4.39 Å². The number of hydrogen-bond acceptors (Lipinski definition) is 23. The van der Waals surface area contributed by atoms with Gasteiger partial charge in [0, 0.05) is 98.2 Å². The fourth-order valence-corrected chi connectivity index (χ4v) is 13.3. The first-order chi connectivity index (χ1) is 53.8. The number of primary amides is 1. The zero-order valence-electron chi connectivity index (χ0n) is 65.3. The standard InChI is InChI=1S/C45H50FN7O11.C36H59NO11/c1-4-45(61)31-16-35-39-29(19-53(35)41(57)30(31)21-63-42(45)58)38-33(12-11-28-24(3)32(46)17-34(52-39)37(28)38)51-36(55)22-62-15-13-27(54)18-49-44(60)64-20-25-7-9-26(10-8-25)50-40(56)23(2)6-5-14-48-43(47)59;1-5-33(40)35(28(2)3)37-36(42)29(15-16-34(41)43-4)26-30(38)17-19-45-21-23-47-25-24-46-22-20-44-18-11-12-31(39)27-48-32-13-9-7-6-8-10-14-32/h7-10,16-17,23,33,61H,4-6,11-15,18-22H2,1-3H3,(H,49,60)(H,50,56)(H,51,55)(H3,47,48,59);28-29,32,35H,5-9,11-13,15-27H2,1-4H3,(H,37,42)/t23-,33-,45-;29-,32?,35+/m01/s1. The highest BCUT2D eigenvalue weighted by atomic mass is 19.1. The lowest BCUT2D eigenvalue weighted by atomic mass is 9.81. The molecular weight excluding hydrogens is 1460 g/mol. The van der Waals surface area contributed by atoms with E-state index in [4.69, 9.17) is 48.6 Å². The Labute approximate surface area is 651 Å². The quantitative estimate of drug-likeness (QED) is 0.00866. The number of cyclic esters (lactones) is 1. The smallest absolute Gasteiger partial charge is 0.407 e. The summed E-state index contributed by atoms with van der Waals surface area (Å²) in [4.78, 5) is 154. The van der Waals surface area contributed by atoms with Crippen molar-refractivity contribution in [3.05, 3.63) is 91.5 Å². The topological polar surface area (TPSA) is 412 Å². The van der Waals surface area contributed by atoms with Gasteiger partial charge in [0.05, 0.1) is 108 Å². The molecule has 2 aromatic heterocycles. The number of alkyl carbamates (subject to hydrolysis) is 1. The minimum atomic E-state index is -2.02. The third-order valence-electron chi connectivity index (χ3n) is 19.8. The van der Waals surface area contributed by atoms with Gasteiger partial charge in [-0.3, -0.25) is 43.2 Å². The SMILES string of the molecule is CCC(=O)[C@@H](NC(=O)[C@H](CCC(=O)OC)CC(=O)CCOCCOCCOCCOCCCC(=O)COC1C#CCCCCC1)C(C)C.CC[C@@]1(O)C(=O)OCc2c1cc1n(c2=O)Cc2c-1nc1cc(F)c(C)c3c1c2[C@@H](NC(=O)COCCC(=O)CNC(=O)OCc1ccc(NC(=O)[C@@H](C)CCCNC(N)=O)cc1)CC3. The zero-order chi connectivity index (χ0) is 81.3. The van der Waals surface area contributed by atoms with Crippen LogP contribution in [-0.4, -0.2) is 185 Å². The van der Waals surface area contributed by atoms with Gasteiger partial charge in [0.25, 0.3) is 5.56 Å². The summed E-state index contributed by atoms with van der Waals surface area (Å²) >= 11 is 0. The number of fused-ring (bicyclic) bond motifs is 5. The zero-order valence-corrected chi connectivity index (χ0v) is 65.3. The van der Waals surface area contributed by atoms with Gasteiger partial charge in [-0.25, -0.2) is 23.8 Å². The Kier molecular flexibility index (Phi) is 36.8. The van der Waals surface area contributed by atoms with Crippen LogP contribution in [0.5, 0.6) is 0 Å². The normalized spacial score (nSPS) is 16.7. The lowest BCUT2D eigenvalue weighted by Crippen LogP contribution is -2.47. The number of esters is 2. The maximum atomic E-state index is 15.3. The van der Waals surface area contributed by atoms with Crippen LogP contribution in [0.15, 0.2) is 41.2 Å². The number of rotatable bonds is 46. The molecule has 0 radical (unpaired) electrons. The molecule has 8 rings (SSSR count). The summed E-state index contributed by atoms with van der Waals surface area (Å²) < 4.78 is 65.0. The lowest BCUT2D eigenvalue weighted by Gasteiger charge is -2.31. The highest BCUT2D eigenvalue weighted by molar-refractivity contribution is 5.95. The van der Waals surface area contributed by atoms with E-state index in [1.54, 1.807) is 58.0 Å². The van der Waals surface area contributed by atoms with Crippen LogP contribution in [-0.2, 0) is 118 Å². The van der Waals surface area contributed by atoms with Crippen LogP contribution in [0.1, 0.15) is 189 Å². The molecule has 4 aromatic rings. The Bertz CT molecular complexity index is 4080. The number of aromatic nitrogens is 2. The molecule has 0 fully saturated rings. The summed E-state index contributed by atoms with van der Waals surface area (Å²) in [6.45, 7) is 12.9. The van der Waals surface area contributed by atoms with Crippen molar-refractivity contribution in [3.8, 4) is 23.2 Å². The Morgan fingerprint density at radius 3 is 2.16 bits per heavy atom. The van der Waals surface area contributed by atoms with Crippen molar-refractivity contribution in [3.63, 3.8) is 0 Å². The van der Waals surface area contributed by atoms with E-state index in [1.165, 1.54) is 17.7 Å². The van der Waals surface area contributed by atoms with Gasteiger partial charge >= 0.3 is 24.1 Å². The number of nitrogens with zero attached hydrogens (tertiary/aromatic N) is 2. The van der Waals surface area contributed by atoms with Crippen LogP contribution >= 0.6 is 0 Å². The summed E-state index contributed by atoms with van der Waals surface area (Å²) in [7, 11) is 1.27. The van der Waals surface area contributed by atoms with Crippen molar-refractivity contribution in [2.75, 3.05) is 98.2 Å². The molecule has 2 aliphatic carbocycles. The number of amides is 6. The summed E-state index contributed by atoms with van der Waals surface area (Å²) in [6.07, 6.45) is 7.69. The summed E-state index contributed by atoms with van der Waals surface area (Å²) in [6, 6.07) is 7.81. The number of urea groups is 1. The number of ketones is 4. The minimum Gasteiger partial charge on any atom is -0.469 e. The summed E-state index contributed by atoms with van der Waals surface area (Å²) in [5.41, 5.74) is 7.76. The Hall–Kier alpha value is -9.42. The molecule has 6 atom stereocenters. The number of aryl methyl sites for hydroxylation is 1. The van der Waals surface area contributed by atoms with Gasteiger partial charge in [-0.05, 0) is 118 Å². The van der Waals surface area contributed by atoms with Crippen molar-refractivity contribution in [2.24, 2.45) is 23.5 Å². The number of aliphatic hydroxyl groups is 1. The molecule has 31 heteroatoms. The van der Waals surface area contributed by atoms with Gasteiger partial charge in [0.2, 0.25) is 17.7 Å².